The van der Waals surface area contributed by atoms with Gasteiger partial charge in [-0.15, -0.1) is 13.2 Å². The highest BCUT2D eigenvalue weighted by Crippen LogP contribution is 2.34. The Labute approximate surface area is 246 Å². The topological polar surface area (TPSA) is 142 Å². The Balaban J connectivity index is 2.00. The number of aromatic nitrogens is 2. The first-order chi connectivity index (χ1) is 20.1. The minimum atomic E-state index is -5.03. The van der Waals surface area contributed by atoms with E-state index >= 15 is 0 Å². The van der Waals surface area contributed by atoms with Gasteiger partial charge in [0.2, 0.25) is 21.7 Å². The molecule has 0 atom stereocenters. The van der Waals surface area contributed by atoms with E-state index in [-0.39, 0.29) is 15.7 Å². The molecule has 3 rings (SSSR count). The first-order valence-electron chi connectivity index (χ1n) is 12.1. The number of nitrogens with zero attached hydrogens (tertiary/aromatic N) is 3. The normalized spacial score (nSPS) is 12.6. The predicted octanol–water partition coefficient (Wildman–Crippen LogP) is 4.04. The van der Waals surface area contributed by atoms with Crippen LogP contribution in [0, 0.1) is 6.92 Å². The van der Waals surface area contributed by atoms with Gasteiger partial charge in [0, 0.05) is 18.9 Å². The maximum Gasteiger partial charge on any atom is 0.573 e. The molecule has 1 heterocycles. The van der Waals surface area contributed by atoms with E-state index in [1.165, 1.54) is 20.9 Å². The number of anilines is 1. The minimum absolute atomic E-state index is 0.0717. The summed E-state index contributed by atoms with van der Waals surface area (Å²) in [4.78, 5) is 25.7. The van der Waals surface area contributed by atoms with E-state index in [9.17, 15) is 52.8 Å². The van der Waals surface area contributed by atoms with E-state index < -0.39 is 89.7 Å². The monoisotopic (exact) mass is 671 g/mol. The molecular weight excluding hydrogens is 648 g/mol. The summed E-state index contributed by atoms with van der Waals surface area (Å²) in [6.45, 7) is 1.41. The Morgan fingerprint density at radius 3 is 2.07 bits per heavy atom. The summed E-state index contributed by atoms with van der Waals surface area (Å²) in [5.41, 5.74) is -2.84. The van der Waals surface area contributed by atoms with Gasteiger partial charge in [-0.2, -0.15) is 18.3 Å². The molecule has 2 aromatic carbocycles. The summed E-state index contributed by atoms with van der Waals surface area (Å²) in [6, 6.07) is 4.80. The highest BCUT2D eigenvalue weighted by Gasteiger charge is 2.35. The minimum Gasteiger partial charge on any atom is -0.467 e. The number of hydrogen-bond acceptors (Lipinski definition) is 9. The van der Waals surface area contributed by atoms with Crippen LogP contribution in [0.5, 0.6) is 11.6 Å². The van der Waals surface area contributed by atoms with E-state index in [1.807, 2.05) is 0 Å². The Morgan fingerprint density at radius 2 is 1.57 bits per heavy atom. The maximum atomic E-state index is 13.5. The van der Waals surface area contributed by atoms with E-state index in [0.717, 1.165) is 28.9 Å². The molecule has 0 spiro atoms. The lowest BCUT2D eigenvalue weighted by Crippen LogP contribution is -2.41. The fourth-order valence-corrected chi connectivity index (χ4v) is 5.92. The van der Waals surface area contributed by atoms with Crippen LogP contribution in [0.1, 0.15) is 34.1 Å². The van der Waals surface area contributed by atoms with Gasteiger partial charge in [0.15, 0.2) is 16.4 Å². The third kappa shape index (κ3) is 7.68. The van der Waals surface area contributed by atoms with Crippen LogP contribution >= 0.6 is 0 Å². The van der Waals surface area contributed by atoms with Crippen LogP contribution in [0.15, 0.2) is 47.4 Å². The van der Waals surface area contributed by atoms with Crippen LogP contribution in [-0.4, -0.2) is 63.3 Å². The number of halogens is 6. The molecule has 0 aliphatic carbocycles. The zero-order valence-corrected chi connectivity index (χ0v) is 24.8. The summed E-state index contributed by atoms with van der Waals surface area (Å²) >= 11 is 0. The number of alkyl halides is 6. The number of rotatable bonds is 10. The smallest absolute Gasteiger partial charge is 0.467 e. The number of sulfone groups is 1. The molecule has 19 heteroatoms. The molecule has 44 heavy (non-hydrogen) atoms. The molecule has 0 N–H and O–H groups in total. The molecule has 0 saturated heterocycles. The number of carbonyl (C=O) groups is 2. The Kier molecular flexibility index (Phi) is 9.45. The van der Waals surface area contributed by atoms with Crippen molar-refractivity contribution in [3.8, 4) is 11.6 Å². The first-order valence-corrected chi connectivity index (χ1v) is 15.6. The maximum absolute atomic E-state index is 13.5. The fourth-order valence-electron chi connectivity index (χ4n) is 3.95. The SMILES string of the molecule is CCS(=O)(=O)N(C(=O)COc1c(C(=O)c2ccc(C(F)(F)F)cc2S(C)(=O)=O)c(C)nn1C)c1ccc(OC(F)(F)F)cc1. The summed E-state index contributed by atoms with van der Waals surface area (Å²) in [6.07, 6.45) is -9.34. The van der Waals surface area contributed by atoms with E-state index in [2.05, 4.69) is 9.84 Å². The van der Waals surface area contributed by atoms with Gasteiger partial charge in [-0.25, -0.2) is 25.8 Å². The molecule has 1 amide bonds. The summed E-state index contributed by atoms with van der Waals surface area (Å²) in [5.74, 6) is -4.13. The van der Waals surface area contributed by atoms with Crippen molar-refractivity contribution in [1.82, 2.24) is 9.78 Å². The zero-order chi connectivity index (χ0) is 33.4. The van der Waals surface area contributed by atoms with Crippen molar-refractivity contribution in [2.24, 2.45) is 7.05 Å². The van der Waals surface area contributed by atoms with Crippen molar-refractivity contribution in [3.63, 3.8) is 0 Å². The third-order valence-electron chi connectivity index (χ3n) is 5.86. The van der Waals surface area contributed by atoms with Gasteiger partial charge in [-0.3, -0.25) is 9.59 Å². The average molecular weight is 672 g/mol. The molecule has 0 unspecified atom stereocenters. The average Bonchev–Trinajstić information content (AvgIpc) is 3.18. The molecule has 0 saturated carbocycles. The molecular formula is C25H23F6N3O8S2. The number of ketones is 1. The number of amides is 1. The number of sulfonamides is 1. The number of aryl methyl sites for hydroxylation is 2. The Morgan fingerprint density at radius 1 is 0.977 bits per heavy atom. The molecule has 0 bridgehead atoms. The number of ether oxygens (including phenoxy) is 2. The predicted molar refractivity (Wildman–Crippen MR) is 141 cm³/mol. The fraction of sp³-hybridized carbons (Fsp3) is 0.320. The van der Waals surface area contributed by atoms with Gasteiger partial charge in [0.05, 0.1) is 27.6 Å². The highest BCUT2D eigenvalue weighted by atomic mass is 32.2. The van der Waals surface area contributed by atoms with Crippen LogP contribution in [0.2, 0.25) is 0 Å². The van der Waals surface area contributed by atoms with Gasteiger partial charge < -0.3 is 9.47 Å². The van der Waals surface area contributed by atoms with Crippen molar-refractivity contribution in [2.45, 2.75) is 31.3 Å². The van der Waals surface area contributed by atoms with Gasteiger partial charge in [0.1, 0.15) is 11.3 Å². The number of hydrogen-bond donors (Lipinski definition) is 0. The van der Waals surface area contributed by atoms with Crippen molar-refractivity contribution in [3.05, 3.63) is 64.8 Å². The van der Waals surface area contributed by atoms with Crippen molar-refractivity contribution in [1.29, 1.82) is 0 Å². The quantitative estimate of drug-likeness (QED) is 0.231. The Hall–Kier alpha value is -4.13. The second-order valence-electron chi connectivity index (χ2n) is 9.09. The van der Waals surface area contributed by atoms with Crippen LogP contribution in [0.25, 0.3) is 0 Å². The zero-order valence-electron chi connectivity index (χ0n) is 23.1. The summed E-state index contributed by atoms with van der Waals surface area (Å²) < 4.78 is 138. The summed E-state index contributed by atoms with van der Waals surface area (Å²) in [5, 5.41) is 3.98. The number of carbonyl (C=O) groups excluding carboxylic acids is 2. The molecule has 0 aliphatic heterocycles. The van der Waals surface area contributed by atoms with Crippen LogP contribution in [0.3, 0.4) is 0 Å². The van der Waals surface area contributed by atoms with Gasteiger partial charge >= 0.3 is 12.5 Å². The molecule has 0 aliphatic rings. The van der Waals surface area contributed by atoms with E-state index in [4.69, 9.17) is 4.74 Å². The van der Waals surface area contributed by atoms with Crippen molar-refractivity contribution < 1.29 is 62.2 Å². The molecule has 0 radical (unpaired) electrons. The van der Waals surface area contributed by atoms with Gasteiger partial charge in [0.25, 0.3) is 5.91 Å². The van der Waals surface area contributed by atoms with Crippen molar-refractivity contribution >= 4 is 37.2 Å². The van der Waals surface area contributed by atoms with Gasteiger partial charge in [-0.1, -0.05) is 0 Å². The van der Waals surface area contributed by atoms with Crippen LogP contribution < -0.4 is 13.8 Å². The first kappa shape index (κ1) is 34.4. The second-order valence-corrected chi connectivity index (χ2v) is 13.2. The molecule has 0 fully saturated rings. The second kappa shape index (κ2) is 12.1. The lowest BCUT2D eigenvalue weighted by Gasteiger charge is -2.22. The molecule has 11 nitrogen and oxygen atoms in total. The lowest BCUT2D eigenvalue weighted by molar-refractivity contribution is -0.274. The molecule has 1 aromatic heterocycles. The van der Waals surface area contributed by atoms with E-state index in [0.29, 0.717) is 24.5 Å². The third-order valence-corrected chi connectivity index (χ3v) is 8.69. The largest absolute Gasteiger partial charge is 0.573 e. The standard InChI is InChI=1S/C25H23F6N3O8S2/c1-5-44(39,40)34(16-7-9-17(10-8-16)42-25(29,30)31)20(35)13-41-23-21(14(2)32-33(23)3)22(36)18-11-6-15(24(26,27)28)12-19(18)43(4,37)38/h6-12H,5,13H2,1-4H3. The molecule has 240 valence electrons. The summed E-state index contributed by atoms with van der Waals surface area (Å²) in [7, 11) is -7.50. The van der Waals surface area contributed by atoms with Crippen LogP contribution in [-0.2, 0) is 37.9 Å². The molecule has 3 aromatic rings. The lowest BCUT2D eigenvalue weighted by atomic mass is 10.0. The highest BCUT2D eigenvalue weighted by molar-refractivity contribution is 7.93. The van der Waals surface area contributed by atoms with Crippen molar-refractivity contribution in [2.75, 3.05) is 22.9 Å². The number of benzene rings is 2. The Bertz CT molecular complexity index is 1800. The van der Waals surface area contributed by atoms with Crippen LogP contribution in [0.4, 0.5) is 32.0 Å². The van der Waals surface area contributed by atoms with E-state index in [1.54, 1.807) is 0 Å². The van der Waals surface area contributed by atoms with Gasteiger partial charge in [-0.05, 0) is 56.3 Å².